The van der Waals surface area contributed by atoms with Gasteiger partial charge in [-0.25, -0.2) is 0 Å². The maximum atomic E-state index is 11.8. The molecule has 0 aliphatic carbocycles. The summed E-state index contributed by atoms with van der Waals surface area (Å²) >= 11 is 0. The van der Waals surface area contributed by atoms with Crippen LogP contribution in [-0.2, 0) is 4.74 Å². The Morgan fingerprint density at radius 3 is 0.865 bits per heavy atom. The average Bonchev–Trinajstić information content (AvgIpc) is 3.66. The van der Waals surface area contributed by atoms with Crippen LogP contribution in [0.4, 0.5) is 0 Å². The monoisotopic (exact) mass is 1260 g/mol. The van der Waals surface area contributed by atoms with Crippen LogP contribution in [0.5, 0.6) is 0 Å². The SMILES string of the molecule is CCCCCCCCCCC(O)CN(CC(O)CCCCCCCCCC)CC(CN1CCN(CCN(CC(O)CCCCCCCCCC)CC(CN(CC(O)CCCCCCCCCC)CC(O)CCCCCCCCCC)C(C)CC)CC1)OCC. The van der Waals surface area contributed by atoms with Crippen molar-refractivity contribution in [2.45, 2.75) is 387 Å². The van der Waals surface area contributed by atoms with Crippen molar-refractivity contribution >= 4 is 0 Å². The van der Waals surface area contributed by atoms with E-state index in [0.717, 1.165) is 136 Å². The molecule has 0 spiro atoms. The van der Waals surface area contributed by atoms with Gasteiger partial charge in [0.25, 0.3) is 0 Å². The van der Waals surface area contributed by atoms with Crippen molar-refractivity contribution in [1.82, 2.24) is 24.5 Å². The summed E-state index contributed by atoms with van der Waals surface area (Å²) in [5.41, 5.74) is 0. The largest absolute Gasteiger partial charge is 0.392 e. The molecule has 1 heterocycles. The van der Waals surface area contributed by atoms with Gasteiger partial charge in [0.2, 0.25) is 0 Å². The summed E-state index contributed by atoms with van der Waals surface area (Å²) in [6.07, 6.45) is 53.9. The van der Waals surface area contributed by atoms with E-state index in [1.807, 2.05) is 0 Å². The Kier molecular flexibility index (Phi) is 61.9. The highest BCUT2D eigenvalue weighted by Crippen LogP contribution is 2.23. The number of nitrogens with zero attached hydrogens (tertiary/aromatic N) is 5. The predicted octanol–water partition coefficient (Wildman–Crippen LogP) is 18.0. The van der Waals surface area contributed by atoms with Crippen LogP contribution in [0.15, 0.2) is 0 Å². The first-order valence-electron chi connectivity index (χ1n) is 40.0. The van der Waals surface area contributed by atoms with Crippen LogP contribution >= 0.6 is 0 Å². The number of piperazine rings is 1. The molecule has 0 bridgehead atoms. The van der Waals surface area contributed by atoms with Crippen molar-refractivity contribution in [2.24, 2.45) is 11.8 Å². The van der Waals surface area contributed by atoms with E-state index < -0.39 is 24.4 Å². The molecule has 0 radical (unpaired) electrons. The fourth-order valence-corrected chi connectivity index (χ4v) is 14.1. The van der Waals surface area contributed by atoms with Gasteiger partial charge in [-0.2, -0.15) is 0 Å². The van der Waals surface area contributed by atoms with Crippen LogP contribution in [0.3, 0.4) is 0 Å². The molecule has 1 fully saturated rings. The van der Waals surface area contributed by atoms with Crippen LogP contribution in [0.2, 0.25) is 0 Å². The summed E-state index contributed by atoms with van der Waals surface area (Å²) < 4.78 is 6.54. The van der Waals surface area contributed by atoms with E-state index in [1.165, 1.54) is 225 Å². The third kappa shape index (κ3) is 53.4. The number of ether oxygens (including phenoxy) is 1. The van der Waals surface area contributed by atoms with Crippen LogP contribution < -0.4 is 0 Å². The molecule has 1 aliphatic rings. The quantitative estimate of drug-likeness (QED) is 0.0374. The molecule has 1 saturated heterocycles. The first-order chi connectivity index (χ1) is 43.4. The number of aliphatic hydroxyl groups is 5. The predicted molar refractivity (Wildman–Crippen MR) is 387 cm³/mol. The van der Waals surface area contributed by atoms with E-state index >= 15 is 0 Å². The minimum absolute atomic E-state index is 0.00437. The van der Waals surface area contributed by atoms with Crippen LogP contribution in [0.1, 0.15) is 351 Å². The minimum atomic E-state index is -0.397. The van der Waals surface area contributed by atoms with Crippen molar-refractivity contribution in [3.05, 3.63) is 0 Å². The minimum Gasteiger partial charge on any atom is -0.392 e. The van der Waals surface area contributed by atoms with E-state index in [2.05, 4.69) is 79.9 Å². The Hall–Kier alpha value is -0.440. The van der Waals surface area contributed by atoms with Crippen molar-refractivity contribution in [3.63, 3.8) is 0 Å². The van der Waals surface area contributed by atoms with Crippen LogP contribution in [0.25, 0.3) is 0 Å². The number of unbranched alkanes of at least 4 members (excludes halogenated alkanes) is 35. The summed E-state index contributed by atoms with van der Waals surface area (Å²) in [7, 11) is 0. The molecule has 1 rings (SSSR count). The van der Waals surface area contributed by atoms with E-state index in [1.54, 1.807) is 0 Å². The molecule has 8 unspecified atom stereocenters. The van der Waals surface area contributed by atoms with Gasteiger partial charge >= 0.3 is 0 Å². The zero-order valence-electron chi connectivity index (χ0n) is 61.3. The molecule has 5 N–H and O–H groups in total. The Labute approximate surface area is 556 Å². The second-order valence-electron chi connectivity index (χ2n) is 29.1. The third-order valence-corrected chi connectivity index (χ3v) is 20.3. The highest BCUT2D eigenvalue weighted by atomic mass is 16.5. The van der Waals surface area contributed by atoms with Crippen LogP contribution in [-0.4, -0.2) is 191 Å². The van der Waals surface area contributed by atoms with E-state index in [4.69, 9.17) is 4.74 Å². The van der Waals surface area contributed by atoms with E-state index in [-0.39, 0.29) is 12.2 Å². The lowest BCUT2D eigenvalue weighted by Crippen LogP contribution is -2.53. The smallest absolute Gasteiger partial charge is 0.0828 e. The van der Waals surface area contributed by atoms with E-state index in [9.17, 15) is 25.5 Å². The van der Waals surface area contributed by atoms with Gasteiger partial charge in [0.15, 0.2) is 0 Å². The maximum absolute atomic E-state index is 11.8. The average molecular weight is 1270 g/mol. The van der Waals surface area contributed by atoms with Crippen molar-refractivity contribution < 1.29 is 30.3 Å². The lowest BCUT2D eigenvalue weighted by Gasteiger charge is -2.39. The molecule has 11 nitrogen and oxygen atoms in total. The fraction of sp³-hybridized carbons (Fsp3) is 1.00. The topological polar surface area (TPSA) is 127 Å². The third-order valence-electron chi connectivity index (χ3n) is 20.3. The zero-order valence-corrected chi connectivity index (χ0v) is 61.3. The van der Waals surface area contributed by atoms with Gasteiger partial charge in [0, 0.05) is 105 Å². The summed E-state index contributed by atoms with van der Waals surface area (Å²) in [6.45, 7) is 31.2. The highest BCUT2D eigenvalue weighted by Gasteiger charge is 2.29. The van der Waals surface area contributed by atoms with Crippen molar-refractivity contribution in [2.75, 3.05) is 105 Å². The zero-order chi connectivity index (χ0) is 65.1. The second-order valence-corrected chi connectivity index (χ2v) is 29.1. The van der Waals surface area contributed by atoms with Gasteiger partial charge in [0.1, 0.15) is 0 Å². The summed E-state index contributed by atoms with van der Waals surface area (Å²) in [6, 6.07) is 0. The Morgan fingerprint density at radius 1 is 0.315 bits per heavy atom. The maximum Gasteiger partial charge on any atom is 0.0828 e. The molecule has 0 amide bonds. The first-order valence-corrected chi connectivity index (χ1v) is 40.0. The van der Waals surface area contributed by atoms with Crippen molar-refractivity contribution in [3.8, 4) is 0 Å². The number of aliphatic hydroxyl groups excluding tert-OH is 5. The molecule has 534 valence electrons. The molecule has 0 aromatic heterocycles. The highest BCUT2D eigenvalue weighted by molar-refractivity contribution is 4.83. The van der Waals surface area contributed by atoms with Gasteiger partial charge < -0.3 is 30.3 Å². The van der Waals surface area contributed by atoms with Crippen LogP contribution in [0, 0.1) is 11.8 Å². The fourth-order valence-electron chi connectivity index (χ4n) is 14.1. The van der Waals surface area contributed by atoms with Gasteiger partial charge in [-0.1, -0.05) is 312 Å². The Bertz CT molecular complexity index is 1360. The van der Waals surface area contributed by atoms with Crippen molar-refractivity contribution in [1.29, 1.82) is 0 Å². The first kappa shape index (κ1) is 86.6. The molecule has 89 heavy (non-hydrogen) atoms. The normalized spacial score (nSPS) is 16.4. The molecule has 0 aromatic rings. The number of hydrogen-bond acceptors (Lipinski definition) is 11. The van der Waals surface area contributed by atoms with Gasteiger partial charge in [-0.05, 0) is 50.9 Å². The number of hydrogen-bond donors (Lipinski definition) is 5. The molecular weight excluding hydrogens is 1100 g/mol. The lowest BCUT2D eigenvalue weighted by atomic mass is 9.90. The Morgan fingerprint density at radius 2 is 0.573 bits per heavy atom. The van der Waals surface area contributed by atoms with Gasteiger partial charge in [-0.3, -0.25) is 24.5 Å². The summed E-state index contributed by atoms with van der Waals surface area (Å²) in [5, 5.41) is 58.1. The molecular formula is C78H161N5O6. The standard InChI is InChI=1S/C78H161N5O6/c1-9-16-21-26-31-36-41-46-51-73(84)64-81(62-72(71(8)14-6)63-82(65-74(85)52-47-42-37-32-27-22-17-10-2)66-75(86)53-48-43-38-33-28-23-18-11-3)61-58-79-56-59-80(60-57-79)69-78(89-15-7)70-83(67-76(87)54-49-44-39-34-29-24-19-12-4)68-77(88)55-50-45-40-35-30-25-20-13-5/h71-78,84-88H,9-70H2,1-8H3. The molecule has 0 saturated carbocycles. The molecule has 11 heteroatoms. The lowest BCUT2D eigenvalue weighted by molar-refractivity contribution is -0.0190. The Balaban J connectivity index is 3.20. The van der Waals surface area contributed by atoms with E-state index in [0.29, 0.717) is 51.2 Å². The number of rotatable bonds is 70. The summed E-state index contributed by atoms with van der Waals surface area (Å²) in [5.74, 6) is 0.818. The van der Waals surface area contributed by atoms with Gasteiger partial charge in [-0.15, -0.1) is 0 Å². The second kappa shape index (κ2) is 63.6. The summed E-state index contributed by atoms with van der Waals surface area (Å²) in [4.78, 5) is 12.6. The van der Waals surface area contributed by atoms with Gasteiger partial charge in [0.05, 0.1) is 36.6 Å². The molecule has 8 atom stereocenters. The molecule has 1 aliphatic heterocycles. The molecule has 0 aromatic carbocycles.